The molecule has 2 aliphatic rings. The Morgan fingerprint density at radius 1 is 1.18 bits per heavy atom. The molecule has 2 aliphatic heterocycles. The molecule has 22 heavy (non-hydrogen) atoms. The second-order valence-corrected chi connectivity index (χ2v) is 5.85. The van der Waals surface area contributed by atoms with Crippen LogP contribution in [-0.2, 0) is 17.7 Å². The van der Waals surface area contributed by atoms with Crippen molar-refractivity contribution >= 4 is 0 Å². The van der Waals surface area contributed by atoms with Crippen LogP contribution in [0, 0.1) is 5.82 Å². The first-order valence-corrected chi connectivity index (χ1v) is 7.75. The van der Waals surface area contributed by atoms with Crippen LogP contribution in [0.5, 0.6) is 0 Å². The highest BCUT2D eigenvalue weighted by Gasteiger charge is 2.25. The van der Waals surface area contributed by atoms with Gasteiger partial charge in [0, 0.05) is 43.2 Å². The lowest BCUT2D eigenvalue weighted by atomic mass is 9.98. The molecule has 1 saturated heterocycles. The highest BCUT2D eigenvalue weighted by Crippen LogP contribution is 2.30. The Morgan fingerprint density at radius 3 is 2.82 bits per heavy atom. The number of aromatic nitrogens is 2. The number of rotatable bonds is 2. The van der Waals surface area contributed by atoms with Gasteiger partial charge in [-0.2, -0.15) is 0 Å². The molecule has 3 heterocycles. The molecule has 0 bridgehead atoms. The number of halogens is 1. The summed E-state index contributed by atoms with van der Waals surface area (Å²) in [5.74, 6) is 0.922. The predicted molar refractivity (Wildman–Crippen MR) is 81.0 cm³/mol. The fourth-order valence-corrected chi connectivity index (χ4v) is 3.13. The normalized spacial score (nSPS) is 20.9. The minimum Gasteiger partial charge on any atom is -0.381 e. The van der Waals surface area contributed by atoms with Crippen LogP contribution in [-0.4, -0.2) is 29.7 Å². The van der Waals surface area contributed by atoms with Crippen molar-refractivity contribution < 1.29 is 9.13 Å². The van der Waals surface area contributed by atoms with E-state index in [0.29, 0.717) is 6.61 Å². The van der Waals surface area contributed by atoms with E-state index in [1.165, 1.54) is 12.1 Å². The molecule has 0 saturated carbocycles. The zero-order valence-corrected chi connectivity index (χ0v) is 12.3. The summed E-state index contributed by atoms with van der Waals surface area (Å²) in [5, 5.41) is 3.37. The zero-order valence-electron chi connectivity index (χ0n) is 12.3. The van der Waals surface area contributed by atoms with Gasteiger partial charge in [-0.3, -0.25) is 0 Å². The summed E-state index contributed by atoms with van der Waals surface area (Å²) >= 11 is 0. The van der Waals surface area contributed by atoms with Gasteiger partial charge in [0.05, 0.1) is 18.0 Å². The lowest BCUT2D eigenvalue weighted by Crippen LogP contribution is -2.27. The Labute approximate surface area is 128 Å². The number of hydrogen-bond donors (Lipinski definition) is 1. The smallest absolute Gasteiger partial charge is 0.134 e. The van der Waals surface area contributed by atoms with Gasteiger partial charge in [0.2, 0.25) is 0 Å². The van der Waals surface area contributed by atoms with Crippen molar-refractivity contribution in [2.24, 2.45) is 0 Å². The average molecular weight is 299 g/mol. The number of fused-ring (bicyclic) bond motifs is 1. The third-order valence-electron chi connectivity index (χ3n) is 4.36. The van der Waals surface area contributed by atoms with E-state index in [9.17, 15) is 4.39 Å². The monoisotopic (exact) mass is 299 g/mol. The van der Waals surface area contributed by atoms with Gasteiger partial charge in [-0.15, -0.1) is 0 Å². The Hall–Kier alpha value is -1.85. The molecular formula is C17H18FN3O. The van der Waals surface area contributed by atoms with Crippen molar-refractivity contribution in [2.45, 2.75) is 25.3 Å². The summed E-state index contributed by atoms with van der Waals surface area (Å²) in [6, 6.07) is 6.56. The van der Waals surface area contributed by atoms with Crippen LogP contribution in [0.2, 0.25) is 0 Å². The SMILES string of the molecule is Fc1ccc(-c2nc(C3CCOC3)nc3c2CNCC3)cc1. The zero-order chi connectivity index (χ0) is 14.9. The molecule has 1 unspecified atom stereocenters. The molecule has 0 radical (unpaired) electrons. The number of nitrogens with one attached hydrogen (secondary N) is 1. The van der Waals surface area contributed by atoms with Crippen molar-refractivity contribution in [3.8, 4) is 11.3 Å². The fourth-order valence-electron chi connectivity index (χ4n) is 3.13. The molecule has 114 valence electrons. The van der Waals surface area contributed by atoms with Gasteiger partial charge in [0.1, 0.15) is 11.6 Å². The van der Waals surface area contributed by atoms with Crippen LogP contribution in [0.15, 0.2) is 24.3 Å². The van der Waals surface area contributed by atoms with Crippen LogP contribution >= 0.6 is 0 Å². The molecule has 2 aromatic rings. The highest BCUT2D eigenvalue weighted by atomic mass is 19.1. The number of benzene rings is 1. The van der Waals surface area contributed by atoms with E-state index >= 15 is 0 Å². The fraction of sp³-hybridized carbons (Fsp3) is 0.412. The van der Waals surface area contributed by atoms with E-state index in [-0.39, 0.29) is 11.7 Å². The average Bonchev–Trinajstić information content (AvgIpc) is 3.09. The van der Waals surface area contributed by atoms with Crippen LogP contribution in [0.25, 0.3) is 11.3 Å². The van der Waals surface area contributed by atoms with E-state index < -0.39 is 0 Å². The van der Waals surface area contributed by atoms with Crippen molar-refractivity contribution in [1.82, 2.24) is 15.3 Å². The van der Waals surface area contributed by atoms with Gasteiger partial charge in [-0.1, -0.05) is 0 Å². The summed E-state index contributed by atoms with van der Waals surface area (Å²) in [7, 11) is 0. The van der Waals surface area contributed by atoms with Crippen LogP contribution in [0.3, 0.4) is 0 Å². The van der Waals surface area contributed by atoms with E-state index in [4.69, 9.17) is 14.7 Å². The quantitative estimate of drug-likeness (QED) is 0.925. The first-order chi connectivity index (χ1) is 10.8. The van der Waals surface area contributed by atoms with Crippen molar-refractivity contribution in [1.29, 1.82) is 0 Å². The number of ether oxygens (including phenoxy) is 1. The van der Waals surface area contributed by atoms with Gasteiger partial charge in [0.15, 0.2) is 0 Å². The van der Waals surface area contributed by atoms with E-state index in [2.05, 4.69) is 5.32 Å². The van der Waals surface area contributed by atoms with E-state index in [0.717, 1.165) is 60.9 Å². The first kappa shape index (κ1) is 13.8. The van der Waals surface area contributed by atoms with E-state index in [1.807, 2.05) is 0 Å². The molecule has 1 aromatic heterocycles. The molecule has 5 heteroatoms. The standard InChI is InChI=1S/C17H18FN3O/c18-13-3-1-11(2-4-13)16-14-9-19-7-5-15(14)20-17(21-16)12-6-8-22-10-12/h1-4,12,19H,5-10H2. The Balaban J connectivity index is 1.83. The third-order valence-corrected chi connectivity index (χ3v) is 4.36. The largest absolute Gasteiger partial charge is 0.381 e. The molecule has 1 N–H and O–H groups in total. The van der Waals surface area contributed by atoms with Gasteiger partial charge in [-0.25, -0.2) is 14.4 Å². The lowest BCUT2D eigenvalue weighted by molar-refractivity contribution is 0.193. The minimum absolute atomic E-state index is 0.228. The second-order valence-electron chi connectivity index (χ2n) is 5.85. The van der Waals surface area contributed by atoms with Gasteiger partial charge in [-0.05, 0) is 30.7 Å². The predicted octanol–water partition coefficient (Wildman–Crippen LogP) is 2.43. The second kappa shape index (κ2) is 5.74. The third kappa shape index (κ3) is 2.51. The number of hydrogen-bond acceptors (Lipinski definition) is 4. The topological polar surface area (TPSA) is 47.0 Å². The summed E-state index contributed by atoms with van der Waals surface area (Å²) in [6.45, 7) is 3.18. The number of nitrogens with zero attached hydrogens (tertiary/aromatic N) is 2. The maximum atomic E-state index is 13.2. The van der Waals surface area contributed by atoms with E-state index in [1.54, 1.807) is 12.1 Å². The summed E-state index contributed by atoms with van der Waals surface area (Å²) in [4.78, 5) is 9.61. The summed E-state index contributed by atoms with van der Waals surface area (Å²) < 4.78 is 18.7. The first-order valence-electron chi connectivity index (χ1n) is 7.75. The molecule has 0 aliphatic carbocycles. The van der Waals surface area contributed by atoms with Crippen molar-refractivity contribution in [2.75, 3.05) is 19.8 Å². The summed E-state index contributed by atoms with van der Waals surface area (Å²) in [5.41, 5.74) is 4.14. The minimum atomic E-state index is -0.228. The molecule has 1 aromatic carbocycles. The lowest BCUT2D eigenvalue weighted by Gasteiger charge is -2.21. The Bertz CT molecular complexity index is 681. The van der Waals surface area contributed by atoms with Crippen LogP contribution in [0.4, 0.5) is 4.39 Å². The molecule has 4 nitrogen and oxygen atoms in total. The molecule has 4 rings (SSSR count). The highest BCUT2D eigenvalue weighted by molar-refractivity contribution is 5.64. The molecule has 0 amide bonds. The van der Waals surface area contributed by atoms with Crippen molar-refractivity contribution in [3.63, 3.8) is 0 Å². The molecule has 0 spiro atoms. The van der Waals surface area contributed by atoms with Gasteiger partial charge >= 0.3 is 0 Å². The summed E-state index contributed by atoms with van der Waals surface area (Å²) in [6.07, 6.45) is 1.88. The molecule has 1 atom stereocenters. The Kier molecular flexibility index (Phi) is 3.60. The van der Waals surface area contributed by atoms with Crippen LogP contribution < -0.4 is 5.32 Å². The molecular weight excluding hydrogens is 281 g/mol. The van der Waals surface area contributed by atoms with Crippen LogP contribution in [0.1, 0.15) is 29.4 Å². The van der Waals surface area contributed by atoms with Gasteiger partial charge < -0.3 is 10.1 Å². The van der Waals surface area contributed by atoms with Gasteiger partial charge in [0.25, 0.3) is 0 Å². The maximum absolute atomic E-state index is 13.2. The molecule has 1 fully saturated rings. The Morgan fingerprint density at radius 2 is 2.05 bits per heavy atom. The van der Waals surface area contributed by atoms with Crippen molar-refractivity contribution in [3.05, 3.63) is 47.2 Å². The maximum Gasteiger partial charge on any atom is 0.134 e.